The number of rotatable bonds is 11. The summed E-state index contributed by atoms with van der Waals surface area (Å²) in [6, 6.07) is 18.5. The van der Waals surface area contributed by atoms with Crippen molar-refractivity contribution in [1.29, 1.82) is 0 Å². The fourth-order valence-corrected chi connectivity index (χ4v) is 11.3. The van der Waals surface area contributed by atoms with Gasteiger partial charge in [0, 0.05) is 0 Å². The Hall–Kier alpha value is -3.98. The topological polar surface area (TPSA) is 88.4 Å². The van der Waals surface area contributed by atoms with Crippen molar-refractivity contribution in [2.45, 2.75) is 18.3 Å². The molecular formula is C33H30F4IN5O2S. The van der Waals surface area contributed by atoms with E-state index in [4.69, 9.17) is 0 Å². The number of aliphatic imine (C=N–C) groups is 1. The van der Waals surface area contributed by atoms with Crippen molar-refractivity contribution in [2.24, 2.45) is 12.0 Å². The van der Waals surface area contributed by atoms with Crippen molar-refractivity contribution in [2.75, 3.05) is 22.8 Å². The van der Waals surface area contributed by atoms with Crippen molar-refractivity contribution >= 4 is 52.1 Å². The summed E-state index contributed by atoms with van der Waals surface area (Å²) in [5, 5.41) is 10.4. The minimum atomic E-state index is -4.38. The van der Waals surface area contributed by atoms with Gasteiger partial charge in [0.1, 0.15) is 0 Å². The SMILES string of the molecule is Cn1cc(CC2=CI(CC(=O)NCCNc3ccc(-c4ccc(C(F)(F)F)cc4)cc3)C(SCc3ccc(F)cc3)=NC2=O)cn1. The first-order valence-corrected chi connectivity index (χ1v) is 19.0. The Morgan fingerprint density at radius 1 is 0.935 bits per heavy atom. The van der Waals surface area contributed by atoms with Gasteiger partial charge < -0.3 is 0 Å². The van der Waals surface area contributed by atoms with Gasteiger partial charge in [-0.05, 0) is 12.1 Å². The maximum atomic E-state index is 13.3. The molecule has 0 saturated heterocycles. The van der Waals surface area contributed by atoms with Gasteiger partial charge in [-0.2, -0.15) is 13.2 Å². The predicted molar refractivity (Wildman–Crippen MR) is 182 cm³/mol. The molecule has 13 heteroatoms. The van der Waals surface area contributed by atoms with Crippen molar-refractivity contribution < 1.29 is 27.2 Å². The number of carbonyl (C=O) groups is 2. The molecule has 46 heavy (non-hydrogen) atoms. The Morgan fingerprint density at radius 2 is 1.61 bits per heavy atom. The van der Waals surface area contributed by atoms with Crippen molar-refractivity contribution in [3.63, 3.8) is 0 Å². The van der Waals surface area contributed by atoms with Crippen molar-refractivity contribution in [1.82, 2.24) is 15.1 Å². The van der Waals surface area contributed by atoms with Crippen LogP contribution in [0.5, 0.6) is 0 Å². The third kappa shape index (κ3) is 9.28. The van der Waals surface area contributed by atoms with Crippen LogP contribution in [0.25, 0.3) is 11.1 Å². The van der Waals surface area contributed by atoms with Gasteiger partial charge in [-0.3, -0.25) is 0 Å². The van der Waals surface area contributed by atoms with Gasteiger partial charge in [0.2, 0.25) is 0 Å². The van der Waals surface area contributed by atoms with E-state index in [2.05, 4.69) is 20.7 Å². The fourth-order valence-electron chi connectivity index (χ4n) is 4.50. The Morgan fingerprint density at radius 3 is 2.24 bits per heavy atom. The molecule has 240 valence electrons. The van der Waals surface area contributed by atoms with E-state index in [9.17, 15) is 27.2 Å². The number of alkyl halides is 4. The van der Waals surface area contributed by atoms with Gasteiger partial charge in [-0.25, -0.2) is 0 Å². The van der Waals surface area contributed by atoms with Crippen LogP contribution < -0.4 is 10.6 Å². The quantitative estimate of drug-likeness (QED) is 0.0729. The van der Waals surface area contributed by atoms with E-state index in [0.717, 1.165) is 34.5 Å². The molecule has 0 spiro atoms. The molecule has 0 atom stereocenters. The van der Waals surface area contributed by atoms with Crippen LogP contribution in [0.4, 0.5) is 23.2 Å². The van der Waals surface area contributed by atoms with E-state index in [1.807, 2.05) is 34.5 Å². The molecule has 2 N–H and O–H groups in total. The summed E-state index contributed by atoms with van der Waals surface area (Å²) < 4.78 is 56.5. The van der Waals surface area contributed by atoms with E-state index in [-0.39, 0.29) is 22.1 Å². The van der Waals surface area contributed by atoms with Gasteiger partial charge in [0.15, 0.2) is 0 Å². The Labute approximate surface area is 275 Å². The number of halogens is 5. The number of anilines is 1. The number of amides is 2. The summed E-state index contributed by atoms with van der Waals surface area (Å²) in [5.74, 6) is -0.259. The number of aromatic nitrogens is 2. The maximum absolute atomic E-state index is 13.3. The van der Waals surface area contributed by atoms with Gasteiger partial charge in [0.25, 0.3) is 0 Å². The molecule has 0 bridgehead atoms. The molecule has 1 aliphatic heterocycles. The number of hydrogen-bond donors (Lipinski definition) is 2. The van der Waals surface area contributed by atoms with Crippen molar-refractivity contribution in [3.8, 4) is 11.1 Å². The summed E-state index contributed by atoms with van der Waals surface area (Å²) in [6.45, 7) is 0.824. The first-order chi connectivity index (χ1) is 22.0. The molecule has 0 unspecified atom stereocenters. The zero-order valence-corrected chi connectivity index (χ0v) is 27.6. The second kappa shape index (κ2) is 15.1. The van der Waals surface area contributed by atoms with Crippen LogP contribution in [0.2, 0.25) is 0 Å². The van der Waals surface area contributed by atoms with E-state index < -0.39 is 31.6 Å². The molecule has 2 amide bonds. The van der Waals surface area contributed by atoms with Crippen LogP contribution in [0.3, 0.4) is 0 Å². The number of hydrogen-bond acceptors (Lipinski definition) is 5. The van der Waals surface area contributed by atoms with Crippen LogP contribution in [0.1, 0.15) is 16.7 Å². The van der Waals surface area contributed by atoms with E-state index >= 15 is 0 Å². The summed E-state index contributed by atoms with van der Waals surface area (Å²) in [7, 11) is 1.80. The van der Waals surface area contributed by atoms with E-state index in [0.29, 0.717) is 39.5 Å². The molecule has 0 radical (unpaired) electrons. The third-order valence-electron chi connectivity index (χ3n) is 6.83. The van der Waals surface area contributed by atoms with Gasteiger partial charge in [-0.15, -0.1) is 0 Å². The van der Waals surface area contributed by atoms with E-state index in [1.54, 1.807) is 30.1 Å². The van der Waals surface area contributed by atoms with Crippen molar-refractivity contribution in [3.05, 3.63) is 117 Å². The molecule has 0 fully saturated rings. The number of aryl methyl sites for hydroxylation is 1. The Kier molecular flexibility index (Phi) is 10.9. The molecule has 0 saturated carbocycles. The summed E-state index contributed by atoms with van der Waals surface area (Å²) in [4.78, 5) is 30.4. The second-order valence-electron chi connectivity index (χ2n) is 10.4. The van der Waals surface area contributed by atoms with Gasteiger partial charge >= 0.3 is 245 Å². The van der Waals surface area contributed by atoms with Gasteiger partial charge in [-0.1, -0.05) is 0 Å². The number of nitrogens with zero attached hydrogens (tertiary/aromatic N) is 3. The summed E-state index contributed by atoms with van der Waals surface area (Å²) in [6.07, 6.45) is -0.433. The average Bonchev–Trinajstić information content (AvgIpc) is 3.45. The number of benzene rings is 3. The summed E-state index contributed by atoms with van der Waals surface area (Å²) >= 11 is -0.902. The van der Waals surface area contributed by atoms with Crippen LogP contribution >= 0.6 is 31.6 Å². The first kappa shape index (κ1) is 33.4. The average molecular weight is 764 g/mol. The molecule has 4 aromatic rings. The molecule has 0 aliphatic carbocycles. The standard InChI is InChI=1S/C33H30F4IN5O2S/c1-43-20-23(19-41-43)16-26-17-38(32(42-31(26)45)46-21-22-2-10-28(34)11-3-22)18-30(44)40-15-14-39-29-12-6-25(7-13-29)24-4-8-27(9-5-24)33(35,36)37/h2-13,17,19-20,39H,14-16,18,21H2,1H3,(H,40,44). The molecule has 5 rings (SSSR count). The Bertz CT molecular complexity index is 1740. The molecule has 2 heterocycles. The molecule has 3 aromatic carbocycles. The normalized spacial score (nSPS) is 14.1. The van der Waals surface area contributed by atoms with Crippen LogP contribution in [-0.4, -0.2) is 42.2 Å². The van der Waals surface area contributed by atoms with Crippen LogP contribution in [-0.2, 0) is 35.0 Å². The first-order valence-electron chi connectivity index (χ1n) is 14.1. The number of carbonyl (C=O) groups excluding carboxylic acids is 2. The zero-order valence-electron chi connectivity index (χ0n) is 24.7. The fraction of sp³-hybridized carbons (Fsp3) is 0.212. The van der Waals surface area contributed by atoms with Gasteiger partial charge in [0.05, 0.1) is 5.56 Å². The zero-order chi connectivity index (χ0) is 32.7. The predicted octanol–water partition coefficient (Wildman–Crippen LogP) is 7.24. The molecular weight excluding hydrogens is 733 g/mol. The Balaban J connectivity index is 1.15. The monoisotopic (exact) mass is 763 g/mol. The second-order valence-corrected chi connectivity index (χ2v) is 16.7. The van der Waals surface area contributed by atoms with Crippen LogP contribution in [0.15, 0.2) is 99.8 Å². The summed E-state index contributed by atoms with van der Waals surface area (Å²) in [5.41, 5.74) is 3.93. The molecule has 1 aliphatic rings. The number of nitrogens with one attached hydrogen (secondary N) is 2. The molecule has 1 aromatic heterocycles. The minimum absolute atomic E-state index is 0.133. The molecule has 7 nitrogen and oxygen atoms in total. The van der Waals surface area contributed by atoms with E-state index in [1.165, 1.54) is 36.0 Å². The number of thioether (sulfide) groups is 1. The third-order valence-corrected chi connectivity index (χ3v) is 14.3. The van der Waals surface area contributed by atoms with Crippen LogP contribution in [0, 0.1) is 5.82 Å².